The Kier molecular flexibility index (Phi) is 7.68. The lowest BCUT2D eigenvalue weighted by molar-refractivity contribution is -0.290. The Hall–Kier alpha value is -2.98. The molecule has 2 rings (SSSR count). The van der Waals surface area contributed by atoms with Crippen LogP contribution in [0.3, 0.4) is 0 Å². The smallest absolute Gasteiger partial charge is 0.339 e. The molecule has 0 aliphatic carbocycles. The van der Waals surface area contributed by atoms with E-state index in [1.54, 1.807) is 30.3 Å². The van der Waals surface area contributed by atoms with Crippen molar-refractivity contribution in [3.63, 3.8) is 0 Å². The van der Waals surface area contributed by atoms with E-state index in [2.05, 4.69) is 0 Å². The fourth-order valence-corrected chi connectivity index (χ4v) is 2.79. The molecule has 1 unspecified atom stereocenters. The molecule has 0 radical (unpaired) electrons. The first-order valence-corrected chi connectivity index (χ1v) is 8.74. The number of ether oxygens (including phenoxy) is 5. The summed E-state index contributed by atoms with van der Waals surface area (Å²) in [5.41, 5.74) is 0.690. The molecule has 1 fully saturated rings. The second-order valence-electron chi connectivity index (χ2n) is 6.26. The normalized spacial score (nSPS) is 26.1. The molecule has 1 N–H and O–H groups in total. The Labute approximate surface area is 166 Å². The quantitative estimate of drug-likeness (QED) is 0.513. The van der Waals surface area contributed by atoms with E-state index in [-0.39, 0.29) is 6.61 Å². The van der Waals surface area contributed by atoms with Crippen LogP contribution in [0.25, 0.3) is 0 Å². The van der Waals surface area contributed by atoms with Gasteiger partial charge in [-0.3, -0.25) is 14.4 Å². The molecular formula is C19H22O10. The fourth-order valence-electron chi connectivity index (χ4n) is 2.79. The third-order valence-corrected chi connectivity index (χ3v) is 3.88. The van der Waals surface area contributed by atoms with Gasteiger partial charge in [-0.05, 0) is 5.56 Å². The molecule has 158 valence electrons. The van der Waals surface area contributed by atoms with Gasteiger partial charge >= 0.3 is 23.9 Å². The van der Waals surface area contributed by atoms with Crippen LogP contribution in [-0.4, -0.2) is 59.7 Å². The first-order chi connectivity index (χ1) is 13.7. The molecule has 10 nitrogen and oxygen atoms in total. The molecule has 1 aromatic carbocycles. The monoisotopic (exact) mass is 410 g/mol. The molecule has 0 spiro atoms. The van der Waals surface area contributed by atoms with Crippen LogP contribution in [0.5, 0.6) is 0 Å². The second-order valence-corrected chi connectivity index (χ2v) is 6.26. The molecule has 1 saturated heterocycles. The molecule has 1 aliphatic heterocycles. The van der Waals surface area contributed by atoms with E-state index in [9.17, 15) is 24.3 Å². The van der Waals surface area contributed by atoms with E-state index < -0.39 is 54.6 Å². The van der Waals surface area contributed by atoms with Crippen LogP contribution in [0.1, 0.15) is 26.3 Å². The van der Waals surface area contributed by atoms with Gasteiger partial charge in [0.05, 0.1) is 0 Å². The zero-order chi connectivity index (χ0) is 21.6. The van der Waals surface area contributed by atoms with Gasteiger partial charge in [0, 0.05) is 20.8 Å². The van der Waals surface area contributed by atoms with Crippen LogP contribution >= 0.6 is 0 Å². The molecule has 5 atom stereocenters. The lowest BCUT2D eigenvalue weighted by Crippen LogP contribution is -2.63. The molecule has 0 bridgehead atoms. The van der Waals surface area contributed by atoms with E-state index in [1.807, 2.05) is 0 Å². The predicted octanol–water partition coefficient (Wildman–Crippen LogP) is 0.242. The standard InChI is InChI=1S/C19H22O10/c1-10(20)26-14-15(27-11(2)21)17(28-12(3)22)19(24)29-16(14)18(23)25-9-13-7-5-4-6-8-13/h4-8,14-17,19,24H,9H2,1-3H3/t14-,15-,16-,17-,19?/m0/s1. The number of aliphatic hydroxyl groups is 1. The summed E-state index contributed by atoms with van der Waals surface area (Å²) in [5, 5.41) is 10.2. The van der Waals surface area contributed by atoms with Gasteiger partial charge in [-0.2, -0.15) is 0 Å². The van der Waals surface area contributed by atoms with Crippen molar-refractivity contribution in [2.75, 3.05) is 0 Å². The summed E-state index contributed by atoms with van der Waals surface area (Å²) in [6.07, 6.45) is -7.96. The second kappa shape index (κ2) is 9.99. The molecular weight excluding hydrogens is 388 g/mol. The molecule has 10 heteroatoms. The number of hydrogen-bond acceptors (Lipinski definition) is 10. The third kappa shape index (κ3) is 6.26. The van der Waals surface area contributed by atoms with Crippen molar-refractivity contribution >= 4 is 23.9 Å². The minimum Gasteiger partial charge on any atom is -0.459 e. The lowest BCUT2D eigenvalue weighted by Gasteiger charge is -2.41. The van der Waals surface area contributed by atoms with Crippen molar-refractivity contribution < 1.29 is 48.0 Å². The van der Waals surface area contributed by atoms with E-state index >= 15 is 0 Å². The maximum atomic E-state index is 12.6. The first kappa shape index (κ1) is 22.3. The zero-order valence-corrected chi connectivity index (χ0v) is 16.1. The highest BCUT2D eigenvalue weighted by molar-refractivity contribution is 5.77. The zero-order valence-electron chi connectivity index (χ0n) is 16.1. The van der Waals surface area contributed by atoms with Crippen molar-refractivity contribution in [3.05, 3.63) is 35.9 Å². The summed E-state index contributed by atoms with van der Waals surface area (Å²) in [6, 6.07) is 8.76. The Morgan fingerprint density at radius 2 is 1.38 bits per heavy atom. The van der Waals surface area contributed by atoms with E-state index in [1.165, 1.54) is 0 Å². The molecule has 1 heterocycles. The number of aliphatic hydroxyl groups excluding tert-OH is 1. The van der Waals surface area contributed by atoms with E-state index in [4.69, 9.17) is 23.7 Å². The van der Waals surface area contributed by atoms with Crippen molar-refractivity contribution in [3.8, 4) is 0 Å². The van der Waals surface area contributed by atoms with Crippen LogP contribution in [-0.2, 0) is 49.5 Å². The maximum Gasteiger partial charge on any atom is 0.339 e. The minimum absolute atomic E-state index is 0.103. The Bertz CT molecular complexity index is 747. The largest absolute Gasteiger partial charge is 0.459 e. The summed E-state index contributed by atoms with van der Waals surface area (Å²) >= 11 is 0. The van der Waals surface area contributed by atoms with Gasteiger partial charge in [0.15, 0.2) is 30.7 Å². The summed E-state index contributed by atoms with van der Waals surface area (Å²) in [4.78, 5) is 47.0. The Balaban J connectivity index is 2.26. The van der Waals surface area contributed by atoms with Crippen molar-refractivity contribution in [1.29, 1.82) is 0 Å². The van der Waals surface area contributed by atoms with E-state index in [0.29, 0.717) is 5.56 Å². The molecule has 1 aromatic rings. The average Bonchev–Trinajstić information content (AvgIpc) is 2.64. The van der Waals surface area contributed by atoms with Crippen molar-refractivity contribution in [1.82, 2.24) is 0 Å². The third-order valence-electron chi connectivity index (χ3n) is 3.88. The predicted molar refractivity (Wildman–Crippen MR) is 93.8 cm³/mol. The number of hydrogen-bond donors (Lipinski definition) is 1. The average molecular weight is 410 g/mol. The summed E-state index contributed by atoms with van der Waals surface area (Å²) in [5.74, 6) is -3.39. The molecule has 0 aromatic heterocycles. The highest BCUT2D eigenvalue weighted by Gasteiger charge is 2.54. The highest BCUT2D eigenvalue weighted by atomic mass is 16.7. The number of benzene rings is 1. The van der Waals surface area contributed by atoms with Crippen LogP contribution in [0.2, 0.25) is 0 Å². The number of rotatable bonds is 6. The number of esters is 4. The van der Waals surface area contributed by atoms with Crippen LogP contribution < -0.4 is 0 Å². The molecule has 29 heavy (non-hydrogen) atoms. The molecule has 1 aliphatic rings. The van der Waals surface area contributed by atoms with Crippen LogP contribution in [0.4, 0.5) is 0 Å². The fraction of sp³-hybridized carbons (Fsp3) is 0.474. The van der Waals surface area contributed by atoms with Crippen LogP contribution in [0.15, 0.2) is 30.3 Å². The highest BCUT2D eigenvalue weighted by Crippen LogP contribution is 2.28. The number of carbonyl (C=O) groups is 4. The van der Waals surface area contributed by atoms with Crippen LogP contribution in [0, 0.1) is 0 Å². The molecule has 0 saturated carbocycles. The lowest BCUT2D eigenvalue weighted by atomic mass is 9.98. The van der Waals surface area contributed by atoms with E-state index in [0.717, 1.165) is 20.8 Å². The Morgan fingerprint density at radius 3 is 1.93 bits per heavy atom. The van der Waals surface area contributed by atoms with Crippen molar-refractivity contribution in [2.24, 2.45) is 0 Å². The van der Waals surface area contributed by atoms with Gasteiger partial charge in [-0.1, -0.05) is 30.3 Å². The van der Waals surface area contributed by atoms with Gasteiger partial charge < -0.3 is 28.8 Å². The van der Waals surface area contributed by atoms with Crippen molar-refractivity contribution in [2.45, 2.75) is 58.1 Å². The van der Waals surface area contributed by atoms with Gasteiger partial charge in [-0.25, -0.2) is 4.79 Å². The minimum atomic E-state index is -1.83. The van der Waals surface area contributed by atoms with Gasteiger partial charge in [0.1, 0.15) is 6.61 Å². The molecule has 0 amide bonds. The van der Waals surface area contributed by atoms with Gasteiger partial charge in [0.2, 0.25) is 0 Å². The first-order valence-electron chi connectivity index (χ1n) is 8.74. The summed E-state index contributed by atoms with van der Waals surface area (Å²) in [6.45, 7) is 3.11. The Morgan fingerprint density at radius 1 is 0.862 bits per heavy atom. The van der Waals surface area contributed by atoms with Gasteiger partial charge in [-0.15, -0.1) is 0 Å². The summed E-state index contributed by atoms with van der Waals surface area (Å²) < 4.78 is 25.5. The SMILES string of the molecule is CC(=O)O[C@H]1[C@H](OC(C)=O)[C@H](OC(C)=O)C(O)O[C@@H]1C(=O)OCc1ccccc1. The topological polar surface area (TPSA) is 135 Å². The maximum absolute atomic E-state index is 12.6. The number of carbonyl (C=O) groups excluding carboxylic acids is 4. The van der Waals surface area contributed by atoms with Gasteiger partial charge in [0.25, 0.3) is 0 Å². The summed E-state index contributed by atoms with van der Waals surface area (Å²) in [7, 11) is 0.